The molecule has 6 aromatic carbocycles. The Hall–Kier alpha value is -5.22. The summed E-state index contributed by atoms with van der Waals surface area (Å²) in [6, 6.07) is 53.6. The van der Waals surface area contributed by atoms with Crippen molar-refractivity contribution in [2.75, 3.05) is 0 Å². The maximum atomic E-state index is 2.49. The van der Waals surface area contributed by atoms with Gasteiger partial charge in [-0.05, 0) is 82.0 Å². The minimum atomic E-state index is 0.219. The highest BCUT2D eigenvalue weighted by atomic mass is 32.2. The molecule has 1 aromatic heterocycles. The summed E-state index contributed by atoms with van der Waals surface area (Å²) in [7, 11) is 0. The van der Waals surface area contributed by atoms with Gasteiger partial charge in [-0.1, -0.05) is 163 Å². The van der Waals surface area contributed by atoms with Crippen LogP contribution in [0.5, 0.6) is 0 Å². The Morgan fingerprint density at radius 1 is 0.608 bits per heavy atom. The number of rotatable bonds is 3. The van der Waals surface area contributed by atoms with Crippen LogP contribution in [0.4, 0.5) is 0 Å². The third-order valence-corrected chi connectivity index (χ3v) is 13.0. The second-order valence-electron chi connectivity index (χ2n) is 13.5. The van der Waals surface area contributed by atoms with Crippen LogP contribution in [0.1, 0.15) is 41.4 Å². The van der Waals surface area contributed by atoms with Gasteiger partial charge in [0.15, 0.2) is 0 Å². The van der Waals surface area contributed by atoms with Crippen molar-refractivity contribution >= 4 is 50.9 Å². The Bertz CT molecular complexity index is 2590. The van der Waals surface area contributed by atoms with Gasteiger partial charge in [-0.25, -0.2) is 0 Å². The predicted octanol–water partition coefficient (Wildman–Crippen LogP) is 13.7. The SMILES string of the molecule is C1=CCC2C(=C1)SC1=C(CC(c3cccc4c3c3ccccc3n4-c3ccccc3)C=C1)c1c(cccc1-c1ccccc1)Sc1ccccc12. The third kappa shape index (κ3) is 5.26. The van der Waals surface area contributed by atoms with Gasteiger partial charge in [-0.2, -0.15) is 0 Å². The standard InChI is InChI=1S/C48H35NS2/c1-3-15-32(16-4-1)35-23-14-28-46-48(35)40-31-33(29-30-45(40)50-43-26-11-8-19-37(43)38-20-9-12-27-44(38)51-46)36-22-13-25-42-47(36)39-21-7-10-24-41(39)49(42)34-17-5-2-6-18-34/h1-18,20-30,33,37H,19,31H2. The van der Waals surface area contributed by atoms with Gasteiger partial charge in [0, 0.05) is 48.6 Å². The molecular formula is C48H35NS2. The van der Waals surface area contributed by atoms with Crippen LogP contribution in [0, 0.1) is 0 Å². The molecule has 0 N–H and O–H groups in total. The predicted molar refractivity (Wildman–Crippen MR) is 219 cm³/mol. The molecule has 1 nitrogen and oxygen atoms in total. The van der Waals surface area contributed by atoms with Crippen molar-refractivity contribution in [3.05, 3.63) is 202 Å². The summed E-state index contributed by atoms with van der Waals surface area (Å²) in [4.78, 5) is 5.46. The lowest BCUT2D eigenvalue weighted by Crippen LogP contribution is -2.09. The van der Waals surface area contributed by atoms with Crippen LogP contribution in [-0.2, 0) is 0 Å². The first-order valence-electron chi connectivity index (χ1n) is 17.8. The fraction of sp³-hybridized carbons (Fsp3) is 0.0833. The molecule has 0 fully saturated rings. The van der Waals surface area contributed by atoms with Crippen LogP contribution in [0.15, 0.2) is 196 Å². The van der Waals surface area contributed by atoms with Crippen molar-refractivity contribution in [3.8, 4) is 16.8 Å². The number of allylic oxidation sites excluding steroid dienone is 7. The Morgan fingerprint density at radius 2 is 1.33 bits per heavy atom. The van der Waals surface area contributed by atoms with Crippen molar-refractivity contribution < 1.29 is 0 Å². The Kier molecular flexibility index (Phi) is 7.70. The van der Waals surface area contributed by atoms with E-state index < -0.39 is 0 Å². The number of aromatic nitrogens is 1. The minimum Gasteiger partial charge on any atom is -0.309 e. The smallest absolute Gasteiger partial charge is 0.0544 e. The zero-order chi connectivity index (χ0) is 33.7. The first-order chi connectivity index (χ1) is 25.3. The second kappa shape index (κ2) is 12.8. The Morgan fingerprint density at radius 3 is 2.24 bits per heavy atom. The van der Waals surface area contributed by atoms with E-state index in [1.807, 2.05) is 23.5 Å². The lowest BCUT2D eigenvalue weighted by atomic mass is 9.82. The van der Waals surface area contributed by atoms with E-state index in [1.165, 1.54) is 80.5 Å². The fourth-order valence-electron chi connectivity index (χ4n) is 8.33. The number of para-hydroxylation sites is 2. The van der Waals surface area contributed by atoms with E-state index >= 15 is 0 Å². The van der Waals surface area contributed by atoms with Crippen molar-refractivity contribution in [1.82, 2.24) is 4.57 Å². The fourth-order valence-corrected chi connectivity index (χ4v) is 10.7. The Labute approximate surface area is 307 Å². The van der Waals surface area contributed by atoms with Crippen LogP contribution < -0.4 is 0 Å². The van der Waals surface area contributed by atoms with Crippen molar-refractivity contribution in [3.63, 3.8) is 0 Å². The molecule has 0 amide bonds. The minimum absolute atomic E-state index is 0.219. The maximum absolute atomic E-state index is 2.49. The first-order valence-corrected chi connectivity index (χ1v) is 19.4. The molecule has 2 aliphatic carbocycles. The molecule has 0 radical (unpaired) electrons. The molecule has 7 aromatic rings. The number of hydrogen-bond acceptors (Lipinski definition) is 2. The molecule has 2 heterocycles. The molecule has 51 heavy (non-hydrogen) atoms. The molecule has 0 saturated carbocycles. The number of benzene rings is 6. The highest BCUT2D eigenvalue weighted by molar-refractivity contribution is 8.07. The molecule has 0 spiro atoms. The molecule has 1 aliphatic heterocycles. The quantitative estimate of drug-likeness (QED) is 0.182. The summed E-state index contributed by atoms with van der Waals surface area (Å²) in [5.74, 6) is 0.566. The number of hydrogen-bond donors (Lipinski definition) is 0. The monoisotopic (exact) mass is 689 g/mol. The number of thioether (sulfide) groups is 1. The average Bonchev–Trinajstić information content (AvgIpc) is 3.54. The molecule has 2 unspecified atom stereocenters. The van der Waals surface area contributed by atoms with Gasteiger partial charge >= 0.3 is 0 Å². The molecule has 10 rings (SSSR count). The summed E-state index contributed by atoms with van der Waals surface area (Å²) >= 11 is 3.92. The molecular weight excluding hydrogens is 655 g/mol. The normalized spacial score (nSPS) is 18.2. The van der Waals surface area contributed by atoms with Crippen LogP contribution in [0.3, 0.4) is 0 Å². The summed E-state index contributed by atoms with van der Waals surface area (Å²) in [5.41, 5.74) is 11.9. The van der Waals surface area contributed by atoms with Crippen LogP contribution in [-0.4, -0.2) is 4.57 Å². The van der Waals surface area contributed by atoms with E-state index in [1.54, 1.807) is 0 Å². The lowest BCUT2D eigenvalue weighted by Gasteiger charge is -2.31. The lowest BCUT2D eigenvalue weighted by molar-refractivity contribution is 0.820. The summed E-state index contributed by atoms with van der Waals surface area (Å²) in [5, 5.41) is 2.66. The van der Waals surface area contributed by atoms with Gasteiger partial charge in [-0.15, -0.1) is 0 Å². The van der Waals surface area contributed by atoms with Gasteiger partial charge in [0.2, 0.25) is 0 Å². The van der Waals surface area contributed by atoms with Gasteiger partial charge in [0.05, 0.1) is 11.0 Å². The summed E-state index contributed by atoms with van der Waals surface area (Å²) in [6.07, 6.45) is 13.8. The summed E-state index contributed by atoms with van der Waals surface area (Å²) < 4.78 is 2.44. The third-order valence-electron chi connectivity index (χ3n) is 10.6. The van der Waals surface area contributed by atoms with Crippen LogP contribution in [0.25, 0.3) is 44.2 Å². The topological polar surface area (TPSA) is 4.93 Å². The summed E-state index contributed by atoms with van der Waals surface area (Å²) in [6.45, 7) is 0. The van der Waals surface area contributed by atoms with E-state index in [2.05, 4.69) is 181 Å². The number of nitrogens with zero attached hydrogens (tertiary/aromatic N) is 1. The zero-order valence-electron chi connectivity index (χ0n) is 28.1. The van der Waals surface area contributed by atoms with Crippen LogP contribution >= 0.6 is 23.5 Å². The largest absolute Gasteiger partial charge is 0.309 e. The van der Waals surface area contributed by atoms with Crippen molar-refractivity contribution in [1.29, 1.82) is 0 Å². The molecule has 3 aliphatic rings. The molecule has 0 saturated heterocycles. The van der Waals surface area contributed by atoms with Gasteiger partial charge < -0.3 is 4.57 Å². The second-order valence-corrected chi connectivity index (χ2v) is 15.7. The maximum Gasteiger partial charge on any atom is 0.0544 e. The molecule has 0 bridgehead atoms. The van der Waals surface area contributed by atoms with E-state index in [0.29, 0.717) is 5.92 Å². The Balaban J connectivity index is 1.19. The molecule has 2 atom stereocenters. The van der Waals surface area contributed by atoms with Gasteiger partial charge in [0.1, 0.15) is 0 Å². The van der Waals surface area contributed by atoms with Crippen molar-refractivity contribution in [2.45, 2.75) is 34.5 Å². The highest BCUT2D eigenvalue weighted by Gasteiger charge is 2.30. The van der Waals surface area contributed by atoms with Gasteiger partial charge in [-0.3, -0.25) is 0 Å². The zero-order valence-corrected chi connectivity index (χ0v) is 29.7. The molecule has 244 valence electrons. The van der Waals surface area contributed by atoms with Crippen molar-refractivity contribution in [2.24, 2.45) is 0 Å². The van der Waals surface area contributed by atoms with E-state index in [4.69, 9.17) is 0 Å². The molecule has 3 heteroatoms. The van der Waals surface area contributed by atoms with Crippen LogP contribution in [0.2, 0.25) is 0 Å². The number of fused-ring (bicyclic) bond motifs is 8. The van der Waals surface area contributed by atoms with E-state index in [0.717, 1.165) is 12.8 Å². The van der Waals surface area contributed by atoms with E-state index in [9.17, 15) is 0 Å². The highest BCUT2D eigenvalue weighted by Crippen LogP contribution is 2.54. The first kappa shape index (κ1) is 30.6. The van der Waals surface area contributed by atoms with E-state index in [-0.39, 0.29) is 5.92 Å². The average molecular weight is 690 g/mol. The van der Waals surface area contributed by atoms with Gasteiger partial charge in [0.25, 0.3) is 0 Å².